The van der Waals surface area contributed by atoms with Gasteiger partial charge in [0.1, 0.15) is 30.5 Å². The van der Waals surface area contributed by atoms with Gasteiger partial charge in [-0.2, -0.15) is 0 Å². The zero-order valence-corrected chi connectivity index (χ0v) is 42.6. The predicted octanol–water partition coefficient (Wildman–Crippen LogP) is 12.4. The summed E-state index contributed by atoms with van der Waals surface area (Å²) in [5, 5.41) is 65.5. The van der Waals surface area contributed by atoms with Crippen molar-refractivity contribution in [1.29, 1.82) is 0 Å². The number of amides is 1. The highest BCUT2D eigenvalue weighted by Gasteiger charge is 2.44. The smallest absolute Gasteiger partial charge is 0.220 e. The number of carbonyl (C=O) groups excluding carboxylic acids is 1. The molecule has 1 aliphatic heterocycles. The van der Waals surface area contributed by atoms with Gasteiger partial charge in [0.05, 0.1) is 25.4 Å². The predicted molar refractivity (Wildman–Crippen MR) is 269 cm³/mol. The Morgan fingerprint density at radius 3 is 1.14 bits per heavy atom. The molecule has 1 aliphatic rings. The van der Waals surface area contributed by atoms with Crippen molar-refractivity contribution in [2.45, 2.75) is 332 Å². The molecule has 8 atom stereocenters. The molecule has 0 spiro atoms. The van der Waals surface area contributed by atoms with Crippen LogP contribution in [0.1, 0.15) is 284 Å². The van der Waals surface area contributed by atoms with Gasteiger partial charge in [0.25, 0.3) is 0 Å². The van der Waals surface area contributed by atoms with E-state index < -0.39 is 55.6 Å². The maximum Gasteiger partial charge on any atom is 0.220 e. The molecular weight excluding hydrogens is 819 g/mol. The number of unbranched alkanes of at least 4 members (excludes halogenated alkanes) is 38. The average molecular weight is 928 g/mol. The third-order valence-electron chi connectivity index (χ3n) is 14.1. The van der Waals surface area contributed by atoms with Crippen molar-refractivity contribution in [3.8, 4) is 0 Å². The quantitative estimate of drug-likeness (QED) is 0.0294. The minimum atomic E-state index is -1.60. The maximum atomic E-state index is 13.1. The van der Waals surface area contributed by atoms with Crippen LogP contribution in [0.15, 0.2) is 0 Å². The van der Waals surface area contributed by atoms with Crippen LogP contribution in [-0.2, 0) is 14.3 Å². The number of hydrogen-bond acceptors (Lipinski definition) is 9. The Morgan fingerprint density at radius 2 is 0.800 bits per heavy atom. The van der Waals surface area contributed by atoms with Gasteiger partial charge in [-0.15, -0.1) is 0 Å². The summed E-state index contributed by atoms with van der Waals surface area (Å²) in [5.41, 5.74) is 0. The molecule has 1 saturated heterocycles. The van der Waals surface area contributed by atoms with Crippen molar-refractivity contribution in [1.82, 2.24) is 5.32 Å². The van der Waals surface area contributed by atoms with E-state index in [9.17, 15) is 35.4 Å². The summed E-state index contributed by atoms with van der Waals surface area (Å²) in [7, 11) is 0. The van der Waals surface area contributed by atoms with Crippen LogP contribution < -0.4 is 5.32 Å². The molecule has 1 amide bonds. The lowest BCUT2D eigenvalue weighted by Gasteiger charge is -2.40. The van der Waals surface area contributed by atoms with Crippen molar-refractivity contribution in [2.75, 3.05) is 13.2 Å². The molecule has 0 radical (unpaired) electrons. The zero-order chi connectivity index (χ0) is 47.4. The van der Waals surface area contributed by atoms with Gasteiger partial charge >= 0.3 is 0 Å². The van der Waals surface area contributed by atoms with E-state index in [-0.39, 0.29) is 18.9 Å². The first-order valence-electron chi connectivity index (χ1n) is 28.3. The first-order chi connectivity index (χ1) is 31.8. The fourth-order valence-corrected chi connectivity index (χ4v) is 9.50. The first-order valence-corrected chi connectivity index (χ1v) is 28.3. The number of aliphatic hydroxyl groups is 6. The molecule has 10 nitrogen and oxygen atoms in total. The highest BCUT2D eigenvalue weighted by atomic mass is 16.7. The number of carbonyl (C=O) groups is 1. The standard InChI is InChI=1S/C55H109NO9/c1-3-5-7-9-11-13-15-17-19-21-22-23-24-25-26-27-28-30-32-34-36-38-40-42-44-50(59)56-47(46-64-55-54(63)53(62)52(61)49(45-57)65-55)51(60)48(58)43-41-39-37-35-33-31-29-20-18-16-14-12-10-8-6-4-2/h47-49,51-55,57-58,60-63H,3-46H2,1-2H3,(H,56,59)/t47-,48+,49+,51-,52-,53?,54?,55+/m0/s1. The molecule has 0 bridgehead atoms. The zero-order valence-electron chi connectivity index (χ0n) is 42.6. The number of ether oxygens (including phenoxy) is 2. The van der Waals surface area contributed by atoms with Crippen LogP contribution in [0.25, 0.3) is 0 Å². The lowest BCUT2D eigenvalue weighted by atomic mass is 9.98. The van der Waals surface area contributed by atoms with E-state index in [1.807, 2.05) is 0 Å². The van der Waals surface area contributed by atoms with E-state index in [4.69, 9.17) is 9.47 Å². The highest BCUT2D eigenvalue weighted by molar-refractivity contribution is 5.76. The molecule has 0 aromatic rings. The van der Waals surface area contributed by atoms with Crippen LogP contribution in [0.2, 0.25) is 0 Å². The highest BCUT2D eigenvalue weighted by Crippen LogP contribution is 2.23. The number of aliphatic hydroxyl groups excluding tert-OH is 6. The van der Waals surface area contributed by atoms with Crippen LogP contribution >= 0.6 is 0 Å². The largest absolute Gasteiger partial charge is 0.394 e. The number of hydrogen-bond donors (Lipinski definition) is 7. The summed E-state index contributed by atoms with van der Waals surface area (Å²) >= 11 is 0. The topological polar surface area (TPSA) is 169 Å². The summed E-state index contributed by atoms with van der Waals surface area (Å²) in [4.78, 5) is 13.1. The van der Waals surface area contributed by atoms with Crippen LogP contribution in [0.3, 0.4) is 0 Å². The van der Waals surface area contributed by atoms with E-state index in [2.05, 4.69) is 19.2 Å². The molecule has 10 heteroatoms. The molecule has 1 rings (SSSR count). The van der Waals surface area contributed by atoms with Gasteiger partial charge in [0.2, 0.25) is 5.91 Å². The van der Waals surface area contributed by atoms with Gasteiger partial charge < -0.3 is 45.4 Å². The number of nitrogens with one attached hydrogen (secondary N) is 1. The van der Waals surface area contributed by atoms with Crippen molar-refractivity contribution < 1.29 is 44.9 Å². The van der Waals surface area contributed by atoms with Crippen molar-refractivity contribution in [3.05, 3.63) is 0 Å². The Hall–Kier alpha value is -0.850. The van der Waals surface area contributed by atoms with Crippen molar-refractivity contribution in [3.63, 3.8) is 0 Å². The molecule has 388 valence electrons. The van der Waals surface area contributed by atoms with E-state index in [0.717, 1.165) is 38.5 Å². The molecule has 0 aromatic heterocycles. The Kier molecular flexibility index (Phi) is 43.6. The fourth-order valence-electron chi connectivity index (χ4n) is 9.50. The molecule has 1 fully saturated rings. The average Bonchev–Trinajstić information content (AvgIpc) is 3.31. The van der Waals surface area contributed by atoms with Crippen LogP contribution in [0.4, 0.5) is 0 Å². The molecule has 1 heterocycles. The second-order valence-corrected chi connectivity index (χ2v) is 20.2. The molecule has 0 aliphatic carbocycles. The number of rotatable bonds is 49. The van der Waals surface area contributed by atoms with Crippen molar-refractivity contribution in [2.24, 2.45) is 0 Å². The normalized spacial score (nSPS) is 20.3. The summed E-state index contributed by atoms with van der Waals surface area (Å²) < 4.78 is 11.2. The van der Waals surface area contributed by atoms with Gasteiger partial charge in [0, 0.05) is 6.42 Å². The van der Waals surface area contributed by atoms with Gasteiger partial charge in [-0.25, -0.2) is 0 Å². The summed E-state index contributed by atoms with van der Waals surface area (Å²) in [6, 6.07) is -0.986. The molecule has 0 saturated carbocycles. The summed E-state index contributed by atoms with van der Waals surface area (Å²) in [6.07, 6.45) is 42.6. The third kappa shape index (κ3) is 35.0. The Morgan fingerprint density at radius 1 is 0.477 bits per heavy atom. The van der Waals surface area contributed by atoms with Crippen LogP contribution in [0, 0.1) is 0 Å². The van der Waals surface area contributed by atoms with Gasteiger partial charge in [-0.1, -0.05) is 264 Å². The summed E-state index contributed by atoms with van der Waals surface area (Å²) in [6.45, 7) is 3.66. The molecule has 2 unspecified atom stereocenters. The maximum absolute atomic E-state index is 13.1. The second kappa shape index (κ2) is 45.6. The molecule has 7 N–H and O–H groups in total. The van der Waals surface area contributed by atoms with E-state index in [1.54, 1.807) is 0 Å². The lowest BCUT2D eigenvalue weighted by Crippen LogP contribution is -2.60. The second-order valence-electron chi connectivity index (χ2n) is 20.2. The van der Waals surface area contributed by atoms with E-state index in [1.165, 1.54) is 218 Å². The van der Waals surface area contributed by atoms with Gasteiger partial charge in [-0.05, 0) is 12.8 Å². The first kappa shape index (κ1) is 62.2. The Bertz CT molecular complexity index is 1000. The molecular formula is C55H109NO9. The minimum absolute atomic E-state index is 0.250. The van der Waals surface area contributed by atoms with E-state index >= 15 is 0 Å². The van der Waals surface area contributed by atoms with Gasteiger partial charge in [-0.3, -0.25) is 4.79 Å². The fraction of sp³-hybridized carbons (Fsp3) is 0.982. The van der Waals surface area contributed by atoms with E-state index in [0.29, 0.717) is 6.42 Å². The van der Waals surface area contributed by atoms with Crippen molar-refractivity contribution >= 4 is 5.91 Å². The third-order valence-corrected chi connectivity index (χ3v) is 14.1. The molecule has 0 aromatic carbocycles. The van der Waals surface area contributed by atoms with Crippen LogP contribution in [-0.4, -0.2) is 98.7 Å². The Labute approximate surface area is 400 Å². The SMILES string of the molecule is CCCCCCCCCCCCCCCCCCCCCCCCCCC(=O)N[C@@H](CO[C@@H]1O[C@H](CO)[C@H](O)C(O)C1O)[C@H](O)[C@H](O)CCCCCCCCCCCCCCCCCC. The minimum Gasteiger partial charge on any atom is -0.394 e. The lowest BCUT2D eigenvalue weighted by molar-refractivity contribution is -0.303. The van der Waals surface area contributed by atoms with Crippen LogP contribution in [0.5, 0.6) is 0 Å². The van der Waals surface area contributed by atoms with Gasteiger partial charge in [0.15, 0.2) is 6.29 Å². The Balaban J connectivity index is 2.24. The monoisotopic (exact) mass is 928 g/mol. The molecule has 65 heavy (non-hydrogen) atoms. The summed E-state index contributed by atoms with van der Waals surface area (Å²) in [5.74, 6) is -0.250.